The zero-order valence-corrected chi connectivity index (χ0v) is 13.3. The van der Waals surface area contributed by atoms with Crippen LogP contribution in [0.5, 0.6) is 5.88 Å². The molecule has 1 aromatic heterocycles. The molecule has 0 fully saturated rings. The molecule has 1 aliphatic rings. The molecule has 122 valence electrons. The first-order valence-corrected chi connectivity index (χ1v) is 8.33. The maximum absolute atomic E-state index is 12.7. The second-order valence-electron chi connectivity index (χ2n) is 4.73. The smallest absolute Gasteiger partial charge is 0.248 e. The maximum Gasteiger partial charge on any atom is 0.248 e. The highest BCUT2D eigenvalue weighted by molar-refractivity contribution is 7.89. The highest BCUT2D eigenvalue weighted by Gasteiger charge is 2.35. The summed E-state index contributed by atoms with van der Waals surface area (Å²) in [5.41, 5.74) is 0. The van der Waals surface area contributed by atoms with Gasteiger partial charge in [0.2, 0.25) is 15.9 Å². The fourth-order valence-corrected chi connectivity index (χ4v) is 3.62. The Morgan fingerprint density at radius 1 is 1.59 bits per heavy atom. The van der Waals surface area contributed by atoms with E-state index < -0.39 is 16.1 Å². The summed E-state index contributed by atoms with van der Waals surface area (Å²) in [6.45, 7) is 4.93. The molecule has 0 saturated heterocycles. The molecular formula is C14H20N2O5S. The molecule has 0 amide bonds. The van der Waals surface area contributed by atoms with Crippen molar-refractivity contribution in [3.63, 3.8) is 0 Å². The predicted octanol–water partition coefficient (Wildman–Crippen LogP) is 0.682. The maximum atomic E-state index is 12.7. The Balaban J connectivity index is 2.28. The lowest BCUT2D eigenvalue weighted by Crippen LogP contribution is -2.40. The molecule has 1 atom stereocenters. The number of nitrogens with zero attached hydrogens (tertiary/aromatic N) is 2. The van der Waals surface area contributed by atoms with Gasteiger partial charge in [0.25, 0.3) is 0 Å². The van der Waals surface area contributed by atoms with Crippen LogP contribution in [0.2, 0.25) is 0 Å². The van der Waals surface area contributed by atoms with E-state index in [0.717, 1.165) is 0 Å². The van der Waals surface area contributed by atoms with E-state index >= 15 is 0 Å². The molecule has 0 aromatic carbocycles. The molecule has 2 rings (SSSR count). The van der Waals surface area contributed by atoms with E-state index in [-0.39, 0.29) is 30.5 Å². The Bertz CT molecular complexity index is 605. The number of fused-ring (bicyclic) bond motifs is 1. The van der Waals surface area contributed by atoms with Crippen LogP contribution >= 0.6 is 0 Å². The second kappa shape index (κ2) is 7.68. The van der Waals surface area contributed by atoms with Crippen LogP contribution in [0.15, 0.2) is 35.9 Å². The fraction of sp³-hybridized carbons (Fsp3) is 0.500. The summed E-state index contributed by atoms with van der Waals surface area (Å²) in [7, 11) is -2.14. The number of hydrogen-bond acceptors (Lipinski definition) is 6. The van der Waals surface area contributed by atoms with Crippen molar-refractivity contribution in [1.29, 1.82) is 0 Å². The van der Waals surface area contributed by atoms with Crippen molar-refractivity contribution in [3.8, 4) is 5.88 Å². The van der Waals surface area contributed by atoms with Crippen LogP contribution in [-0.2, 0) is 19.5 Å². The molecule has 7 nitrogen and oxygen atoms in total. The Morgan fingerprint density at radius 3 is 3.14 bits per heavy atom. The lowest BCUT2D eigenvalue weighted by molar-refractivity contribution is 0.0499. The van der Waals surface area contributed by atoms with Crippen LogP contribution in [0.3, 0.4) is 0 Å². The van der Waals surface area contributed by atoms with Gasteiger partial charge in [0, 0.05) is 19.9 Å². The minimum atomic E-state index is -3.66. The third-order valence-corrected chi connectivity index (χ3v) is 5.00. The van der Waals surface area contributed by atoms with Gasteiger partial charge < -0.3 is 14.2 Å². The van der Waals surface area contributed by atoms with Crippen LogP contribution in [0, 0.1) is 0 Å². The van der Waals surface area contributed by atoms with Gasteiger partial charge in [-0.3, -0.25) is 0 Å². The summed E-state index contributed by atoms with van der Waals surface area (Å²) in [6.07, 6.45) is 2.69. The van der Waals surface area contributed by atoms with Crippen molar-refractivity contribution >= 4 is 10.0 Å². The zero-order valence-electron chi connectivity index (χ0n) is 12.5. The first kappa shape index (κ1) is 16.9. The number of rotatable bonds is 7. The van der Waals surface area contributed by atoms with Gasteiger partial charge in [-0.2, -0.15) is 4.31 Å². The fourth-order valence-electron chi connectivity index (χ4n) is 2.09. The minimum absolute atomic E-state index is 0.0670. The first-order chi connectivity index (χ1) is 10.6. The van der Waals surface area contributed by atoms with E-state index in [0.29, 0.717) is 13.2 Å². The molecule has 2 heterocycles. The number of sulfonamides is 1. The van der Waals surface area contributed by atoms with Crippen LogP contribution < -0.4 is 4.74 Å². The van der Waals surface area contributed by atoms with Crippen LogP contribution in [-0.4, -0.2) is 63.8 Å². The van der Waals surface area contributed by atoms with E-state index in [9.17, 15) is 8.42 Å². The zero-order chi connectivity index (χ0) is 16.0. The summed E-state index contributed by atoms with van der Waals surface area (Å²) < 4.78 is 42.8. The third-order valence-electron chi connectivity index (χ3n) is 3.12. The number of methoxy groups -OCH3 is 1. The Kier molecular flexibility index (Phi) is 5.90. The van der Waals surface area contributed by atoms with E-state index in [1.165, 1.54) is 23.7 Å². The average Bonchev–Trinajstić information content (AvgIpc) is 2.61. The summed E-state index contributed by atoms with van der Waals surface area (Å²) in [4.78, 5) is 4.10. The normalized spacial score (nSPS) is 20.7. The van der Waals surface area contributed by atoms with Gasteiger partial charge in [0.05, 0.1) is 26.4 Å². The minimum Gasteiger partial charge on any atom is -0.470 e. The van der Waals surface area contributed by atoms with Gasteiger partial charge in [0.1, 0.15) is 11.0 Å². The van der Waals surface area contributed by atoms with E-state index in [1.807, 2.05) is 0 Å². The molecule has 0 spiro atoms. The van der Waals surface area contributed by atoms with Crippen molar-refractivity contribution in [3.05, 3.63) is 31.0 Å². The molecular weight excluding hydrogens is 308 g/mol. The highest BCUT2D eigenvalue weighted by Crippen LogP contribution is 2.28. The van der Waals surface area contributed by atoms with E-state index in [2.05, 4.69) is 11.6 Å². The predicted molar refractivity (Wildman–Crippen MR) is 80.3 cm³/mol. The Hall–Kier alpha value is -1.48. The number of aromatic nitrogens is 1. The highest BCUT2D eigenvalue weighted by atomic mass is 32.2. The van der Waals surface area contributed by atoms with Gasteiger partial charge in [-0.15, -0.1) is 6.58 Å². The summed E-state index contributed by atoms with van der Waals surface area (Å²) in [5.74, 6) is 0.106. The van der Waals surface area contributed by atoms with Crippen LogP contribution in [0.4, 0.5) is 0 Å². The van der Waals surface area contributed by atoms with Crippen molar-refractivity contribution < 1.29 is 22.6 Å². The monoisotopic (exact) mass is 328 g/mol. The largest absolute Gasteiger partial charge is 0.470 e. The number of hydrogen-bond donors (Lipinski definition) is 0. The van der Waals surface area contributed by atoms with Crippen LogP contribution in [0.1, 0.15) is 0 Å². The van der Waals surface area contributed by atoms with Gasteiger partial charge in [0.15, 0.2) is 0 Å². The van der Waals surface area contributed by atoms with Crippen molar-refractivity contribution in [2.45, 2.75) is 11.0 Å². The Labute approximate surface area is 130 Å². The first-order valence-electron chi connectivity index (χ1n) is 6.89. The third kappa shape index (κ3) is 3.83. The standard InChI is InChI=1S/C14H20N2O5S/c1-3-8-20-11-12-10-16(7-9-19-2)22(17,18)13-5-4-6-15-14(13)21-12/h3-6,12H,1,7-11H2,2H3. The number of pyridine rings is 1. The van der Waals surface area contributed by atoms with Crippen molar-refractivity contribution in [2.75, 3.05) is 40.0 Å². The van der Waals surface area contributed by atoms with Crippen LogP contribution in [0.25, 0.3) is 0 Å². The number of ether oxygens (including phenoxy) is 3. The summed E-state index contributed by atoms with van der Waals surface area (Å²) in [5, 5.41) is 0. The Morgan fingerprint density at radius 2 is 2.41 bits per heavy atom. The molecule has 1 aliphatic heterocycles. The van der Waals surface area contributed by atoms with E-state index in [4.69, 9.17) is 14.2 Å². The van der Waals surface area contributed by atoms with E-state index in [1.54, 1.807) is 12.1 Å². The molecule has 1 aromatic rings. The molecule has 0 saturated carbocycles. The summed E-state index contributed by atoms with van der Waals surface area (Å²) >= 11 is 0. The molecule has 8 heteroatoms. The SMILES string of the molecule is C=CCOCC1CN(CCOC)S(=O)(=O)c2cccnc2O1. The molecule has 0 bridgehead atoms. The lowest BCUT2D eigenvalue weighted by atomic mass is 10.3. The molecule has 0 N–H and O–H groups in total. The van der Waals surface area contributed by atoms with Crippen molar-refractivity contribution in [1.82, 2.24) is 9.29 Å². The van der Waals surface area contributed by atoms with Crippen molar-refractivity contribution in [2.24, 2.45) is 0 Å². The quantitative estimate of drug-likeness (QED) is 0.541. The average molecular weight is 328 g/mol. The topological polar surface area (TPSA) is 78.0 Å². The second-order valence-corrected chi connectivity index (χ2v) is 6.63. The molecule has 0 aliphatic carbocycles. The van der Waals surface area contributed by atoms with Gasteiger partial charge >= 0.3 is 0 Å². The van der Waals surface area contributed by atoms with Gasteiger partial charge in [-0.05, 0) is 12.1 Å². The lowest BCUT2D eigenvalue weighted by Gasteiger charge is -2.22. The summed E-state index contributed by atoms with van der Waals surface area (Å²) in [6, 6.07) is 3.06. The van der Waals surface area contributed by atoms with Gasteiger partial charge in [-0.25, -0.2) is 13.4 Å². The van der Waals surface area contributed by atoms with Gasteiger partial charge in [-0.1, -0.05) is 6.08 Å². The molecule has 0 radical (unpaired) electrons. The molecule has 1 unspecified atom stereocenters. The molecule has 22 heavy (non-hydrogen) atoms.